The van der Waals surface area contributed by atoms with Crippen LogP contribution in [0.2, 0.25) is 5.02 Å². The molecule has 4 rings (SSSR count). The third-order valence-electron chi connectivity index (χ3n) is 4.37. The predicted molar refractivity (Wildman–Crippen MR) is 119 cm³/mol. The highest BCUT2D eigenvalue weighted by atomic mass is 35.5. The van der Waals surface area contributed by atoms with Crippen LogP contribution in [0.1, 0.15) is 23.7 Å². The van der Waals surface area contributed by atoms with Gasteiger partial charge in [0.05, 0.1) is 11.4 Å². The van der Waals surface area contributed by atoms with Crippen molar-refractivity contribution >= 4 is 35.0 Å². The highest BCUT2D eigenvalue weighted by Crippen LogP contribution is 2.22. The van der Waals surface area contributed by atoms with Gasteiger partial charge in [0.1, 0.15) is 5.82 Å². The van der Waals surface area contributed by atoms with Gasteiger partial charge in [-0.05, 0) is 31.2 Å². The topological polar surface area (TPSA) is 110 Å². The zero-order valence-corrected chi connectivity index (χ0v) is 18.5. The summed E-state index contributed by atoms with van der Waals surface area (Å²) in [6, 6.07) is 12.0. The van der Waals surface area contributed by atoms with Crippen molar-refractivity contribution in [2.75, 3.05) is 5.32 Å². The number of anilines is 1. The van der Waals surface area contributed by atoms with Crippen molar-refractivity contribution in [3.05, 3.63) is 70.6 Å². The summed E-state index contributed by atoms with van der Waals surface area (Å²) in [5, 5.41) is 14.4. The van der Waals surface area contributed by atoms with Gasteiger partial charge in [0.2, 0.25) is 17.0 Å². The lowest BCUT2D eigenvalue weighted by Gasteiger charge is -2.05. The van der Waals surface area contributed by atoms with Crippen LogP contribution in [0, 0.1) is 12.7 Å². The second-order valence-electron chi connectivity index (χ2n) is 6.90. The first kappa shape index (κ1) is 22.0. The number of carbonyl (C=O) groups excluding carboxylic acids is 1. The van der Waals surface area contributed by atoms with E-state index in [-0.39, 0.29) is 29.5 Å². The van der Waals surface area contributed by atoms with Gasteiger partial charge in [0.15, 0.2) is 11.6 Å². The normalized spacial score (nSPS) is 11.0. The summed E-state index contributed by atoms with van der Waals surface area (Å²) >= 11 is 7.07. The number of aromatic amines is 1. The van der Waals surface area contributed by atoms with Crippen molar-refractivity contribution in [2.45, 2.75) is 30.7 Å². The summed E-state index contributed by atoms with van der Waals surface area (Å²) in [5.41, 5.74) is 2.17. The van der Waals surface area contributed by atoms with E-state index in [0.717, 1.165) is 17.2 Å². The molecule has 2 aromatic heterocycles. The molecule has 32 heavy (non-hydrogen) atoms. The molecule has 0 saturated heterocycles. The van der Waals surface area contributed by atoms with Gasteiger partial charge >= 0.3 is 0 Å². The maximum Gasteiger partial charge on any atom is 0.227 e. The second-order valence-corrected chi connectivity index (χ2v) is 8.28. The molecule has 0 aliphatic heterocycles. The van der Waals surface area contributed by atoms with Gasteiger partial charge in [-0.2, -0.15) is 4.98 Å². The van der Waals surface area contributed by atoms with Gasteiger partial charge < -0.3 is 9.84 Å². The molecule has 2 aromatic carbocycles. The van der Waals surface area contributed by atoms with Crippen LogP contribution >= 0.6 is 23.4 Å². The van der Waals surface area contributed by atoms with E-state index in [4.69, 9.17) is 16.1 Å². The molecule has 8 nitrogen and oxygen atoms in total. The van der Waals surface area contributed by atoms with E-state index in [0.29, 0.717) is 28.4 Å². The molecular weight excluding hydrogens is 455 g/mol. The molecule has 11 heteroatoms. The van der Waals surface area contributed by atoms with E-state index in [1.165, 1.54) is 23.9 Å². The highest BCUT2D eigenvalue weighted by Gasteiger charge is 2.13. The number of halogens is 2. The predicted octanol–water partition coefficient (Wildman–Crippen LogP) is 4.82. The molecule has 0 saturated carbocycles. The quantitative estimate of drug-likeness (QED) is 0.354. The SMILES string of the molecule is Cc1cccc(-c2nc(SCc3noc(CCC(=O)Nc4ccc(Cl)cc4F)n3)n[nH]2)c1. The largest absolute Gasteiger partial charge is 0.339 e. The first-order valence-electron chi connectivity index (χ1n) is 9.65. The average Bonchev–Trinajstić information content (AvgIpc) is 3.42. The number of thioether (sulfide) groups is 1. The van der Waals surface area contributed by atoms with Crippen molar-refractivity contribution in [3.8, 4) is 11.4 Å². The van der Waals surface area contributed by atoms with Crippen molar-refractivity contribution in [1.29, 1.82) is 0 Å². The molecule has 0 aliphatic rings. The van der Waals surface area contributed by atoms with E-state index in [1.54, 1.807) is 0 Å². The number of hydrogen-bond donors (Lipinski definition) is 2. The van der Waals surface area contributed by atoms with Crippen molar-refractivity contribution < 1.29 is 13.7 Å². The molecule has 1 amide bonds. The Hall–Kier alpha value is -3.24. The molecular formula is C21H18ClFN6O2S. The minimum atomic E-state index is -0.597. The first-order valence-corrected chi connectivity index (χ1v) is 11.0. The van der Waals surface area contributed by atoms with Crippen molar-refractivity contribution in [3.63, 3.8) is 0 Å². The summed E-state index contributed by atoms with van der Waals surface area (Å²) < 4.78 is 18.9. The van der Waals surface area contributed by atoms with E-state index in [2.05, 4.69) is 30.6 Å². The number of aromatic nitrogens is 5. The molecule has 0 spiro atoms. The number of aryl methyl sites for hydroxylation is 2. The van der Waals surface area contributed by atoms with Gasteiger partial charge in [-0.15, -0.1) is 5.10 Å². The van der Waals surface area contributed by atoms with E-state index < -0.39 is 5.82 Å². The van der Waals surface area contributed by atoms with E-state index in [1.807, 2.05) is 31.2 Å². The maximum atomic E-state index is 13.8. The van der Waals surface area contributed by atoms with E-state index >= 15 is 0 Å². The van der Waals surface area contributed by atoms with Crippen LogP contribution in [0.4, 0.5) is 10.1 Å². The van der Waals surface area contributed by atoms with Crippen LogP contribution in [0.3, 0.4) is 0 Å². The molecule has 0 radical (unpaired) electrons. The molecule has 2 N–H and O–H groups in total. The molecule has 0 aliphatic carbocycles. The number of H-pyrrole nitrogens is 1. The van der Waals surface area contributed by atoms with Crippen molar-refractivity contribution in [2.24, 2.45) is 0 Å². The Morgan fingerprint density at radius 3 is 2.94 bits per heavy atom. The lowest BCUT2D eigenvalue weighted by atomic mass is 10.1. The Labute approximate surface area is 192 Å². The van der Waals surface area contributed by atoms with Crippen LogP contribution in [0.15, 0.2) is 52.1 Å². The second kappa shape index (κ2) is 9.92. The zero-order chi connectivity index (χ0) is 22.5. The van der Waals surface area contributed by atoms with Gasteiger partial charge in [0.25, 0.3) is 0 Å². The Kier molecular flexibility index (Phi) is 6.81. The number of nitrogens with one attached hydrogen (secondary N) is 2. The average molecular weight is 473 g/mol. The number of rotatable bonds is 8. The first-order chi connectivity index (χ1) is 15.5. The Morgan fingerprint density at radius 2 is 2.12 bits per heavy atom. The zero-order valence-electron chi connectivity index (χ0n) is 16.9. The van der Waals surface area contributed by atoms with Crippen LogP contribution in [-0.2, 0) is 17.0 Å². The number of nitrogens with zero attached hydrogens (tertiary/aromatic N) is 4. The molecule has 164 valence electrons. The summed E-state index contributed by atoms with van der Waals surface area (Å²) in [7, 11) is 0. The number of amides is 1. The maximum absolute atomic E-state index is 13.8. The fraction of sp³-hybridized carbons (Fsp3) is 0.190. The van der Waals surface area contributed by atoms with Gasteiger partial charge in [-0.25, -0.2) is 9.37 Å². The van der Waals surface area contributed by atoms with Crippen LogP contribution in [0.5, 0.6) is 0 Å². The van der Waals surface area contributed by atoms with Crippen LogP contribution < -0.4 is 5.32 Å². The lowest BCUT2D eigenvalue weighted by molar-refractivity contribution is -0.116. The molecule has 4 aromatic rings. The molecule has 0 fully saturated rings. The molecule has 0 unspecified atom stereocenters. The fourth-order valence-electron chi connectivity index (χ4n) is 2.84. The minimum absolute atomic E-state index is 0.0671. The van der Waals surface area contributed by atoms with Crippen molar-refractivity contribution in [1.82, 2.24) is 25.3 Å². The standard InChI is InChI=1S/C21H18ClFN6O2S/c1-12-3-2-4-13(9-12)20-26-21(28-27-20)32-11-17-25-19(31-29-17)8-7-18(30)24-16-6-5-14(22)10-15(16)23/h2-6,9-10H,7-8,11H2,1H3,(H,24,30)(H,26,27,28). The van der Waals surface area contributed by atoms with Crippen LogP contribution in [0.25, 0.3) is 11.4 Å². The number of carbonyl (C=O) groups is 1. The minimum Gasteiger partial charge on any atom is -0.339 e. The van der Waals surface area contributed by atoms with Crippen LogP contribution in [-0.4, -0.2) is 31.2 Å². The third-order valence-corrected chi connectivity index (χ3v) is 5.45. The monoisotopic (exact) mass is 472 g/mol. The Balaban J connectivity index is 1.26. The lowest BCUT2D eigenvalue weighted by Crippen LogP contribution is -2.13. The molecule has 0 bridgehead atoms. The van der Waals surface area contributed by atoms with Gasteiger partial charge in [-0.3, -0.25) is 9.89 Å². The van der Waals surface area contributed by atoms with E-state index in [9.17, 15) is 9.18 Å². The summed E-state index contributed by atoms with van der Waals surface area (Å²) in [5.74, 6) is 0.925. The Morgan fingerprint density at radius 1 is 1.25 bits per heavy atom. The number of benzene rings is 2. The Bertz CT molecular complexity index is 1240. The summed E-state index contributed by atoms with van der Waals surface area (Å²) in [6.07, 6.45) is 0.300. The highest BCUT2D eigenvalue weighted by molar-refractivity contribution is 7.98. The van der Waals surface area contributed by atoms with Gasteiger partial charge in [0, 0.05) is 23.4 Å². The van der Waals surface area contributed by atoms with Gasteiger partial charge in [-0.1, -0.05) is 52.3 Å². The summed E-state index contributed by atoms with van der Waals surface area (Å²) in [6.45, 7) is 2.02. The fourth-order valence-corrected chi connectivity index (χ4v) is 3.64. The number of hydrogen-bond acceptors (Lipinski definition) is 7. The molecule has 0 atom stereocenters. The third kappa shape index (κ3) is 5.71. The smallest absolute Gasteiger partial charge is 0.227 e. The molecule has 2 heterocycles. The summed E-state index contributed by atoms with van der Waals surface area (Å²) in [4.78, 5) is 20.8.